The van der Waals surface area contributed by atoms with Gasteiger partial charge in [0.05, 0.1) is 24.2 Å². The summed E-state index contributed by atoms with van der Waals surface area (Å²) in [7, 11) is 1.53. The maximum absolute atomic E-state index is 12.9. The smallest absolute Gasteiger partial charge is 0.256 e. The highest BCUT2D eigenvalue weighted by Crippen LogP contribution is 2.27. The van der Waals surface area contributed by atoms with E-state index in [4.69, 9.17) is 16.3 Å². The molecule has 1 saturated heterocycles. The van der Waals surface area contributed by atoms with E-state index in [9.17, 15) is 9.59 Å². The number of nitrogens with zero attached hydrogens (tertiary/aromatic N) is 1. The van der Waals surface area contributed by atoms with E-state index in [1.54, 1.807) is 18.2 Å². The molecule has 0 saturated carbocycles. The SMILES string of the molecule is COc1ccc(NC(=O)CNc2cccc(C)c2C(=O)N2CCCC2)cc1Cl. The van der Waals surface area contributed by atoms with Crippen LogP contribution in [0.3, 0.4) is 0 Å². The summed E-state index contributed by atoms with van der Waals surface area (Å²) < 4.78 is 5.11. The lowest BCUT2D eigenvalue weighted by Gasteiger charge is -2.20. The molecule has 1 aliphatic rings. The van der Waals surface area contributed by atoms with Gasteiger partial charge in [-0.25, -0.2) is 0 Å². The quantitative estimate of drug-likeness (QED) is 0.769. The predicted molar refractivity (Wildman–Crippen MR) is 111 cm³/mol. The number of amides is 2. The van der Waals surface area contributed by atoms with Crippen molar-refractivity contribution < 1.29 is 14.3 Å². The van der Waals surface area contributed by atoms with Gasteiger partial charge in [-0.3, -0.25) is 9.59 Å². The van der Waals surface area contributed by atoms with Crippen molar-refractivity contribution in [3.8, 4) is 5.75 Å². The van der Waals surface area contributed by atoms with Crippen LogP contribution in [0.4, 0.5) is 11.4 Å². The molecule has 1 fully saturated rings. The number of hydrogen-bond donors (Lipinski definition) is 2. The standard InChI is InChI=1S/C21H24ClN3O3/c1-14-6-5-7-17(20(14)21(27)25-10-3-4-11-25)23-13-19(26)24-15-8-9-18(28-2)16(22)12-15/h5-9,12,23H,3-4,10-11,13H2,1-2H3,(H,24,26). The number of ether oxygens (including phenoxy) is 1. The van der Waals surface area contributed by atoms with Gasteiger partial charge < -0.3 is 20.3 Å². The van der Waals surface area contributed by atoms with E-state index in [2.05, 4.69) is 10.6 Å². The highest BCUT2D eigenvalue weighted by Gasteiger charge is 2.23. The molecule has 0 bridgehead atoms. The van der Waals surface area contributed by atoms with Crippen LogP contribution in [0.5, 0.6) is 5.75 Å². The number of hydrogen-bond acceptors (Lipinski definition) is 4. The number of rotatable bonds is 6. The van der Waals surface area contributed by atoms with Gasteiger partial charge in [0, 0.05) is 24.5 Å². The Morgan fingerprint density at radius 2 is 1.93 bits per heavy atom. The summed E-state index contributed by atoms with van der Waals surface area (Å²) in [6.07, 6.45) is 2.07. The van der Waals surface area contributed by atoms with Gasteiger partial charge in [0.1, 0.15) is 5.75 Å². The minimum atomic E-state index is -0.234. The van der Waals surface area contributed by atoms with E-state index in [-0.39, 0.29) is 18.4 Å². The molecule has 2 aromatic rings. The van der Waals surface area contributed by atoms with Crippen molar-refractivity contribution in [2.75, 3.05) is 37.4 Å². The molecule has 0 radical (unpaired) electrons. The Morgan fingerprint density at radius 1 is 1.18 bits per heavy atom. The average Bonchev–Trinajstić information content (AvgIpc) is 3.21. The van der Waals surface area contributed by atoms with Gasteiger partial charge in [-0.05, 0) is 49.6 Å². The van der Waals surface area contributed by atoms with Crippen LogP contribution in [-0.2, 0) is 4.79 Å². The minimum Gasteiger partial charge on any atom is -0.495 e. The predicted octanol–water partition coefficient (Wildman–Crippen LogP) is 3.94. The molecule has 2 aromatic carbocycles. The summed E-state index contributed by atoms with van der Waals surface area (Å²) in [5.41, 5.74) is 2.77. The number of nitrogens with one attached hydrogen (secondary N) is 2. The second-order valence-corrected chi connectivity index (χ2v) is 7.16. The Kier molecular flexibility index (Phi) is 6.41. The van der Waals surface area contributed by atoms with Crippen LogP contribution in [0, 0.1) is 6.92 Å². The van der Waals surface area contributed by atoms with Crippen molar-refractivity contribution in [1.29, 1.82) is 0 Å². The van der Waals surface area contributed by atoms with Gasteiger partial charge in [0.2, 0.25) is 5.91 Å². The molecule has 1 aliphatic heterocycles. The van der Waals surface area contributed by atoms with Crippen LogP contribution in [-0.4, -0.2) is 43.5 Å². The monoisotopic (exact) mass is 401 g/mol. The van der Waals surface area contributed by atoms with Crippen LogP contribution >= 0.6 is 11.6 Å². The van der Waals surface area contributed by atoms with E-state index in [0.717, 1.165) is 31.5 Å². The first-order chi connectivity index (χ1) is 13.5. The number of aryl methyl sites for hydroxylation is 1. The summed E-state index contributed by atoms with van der Waals surface area (Å²) in [4.78, 5) is 27.1. The molecule has 1 heterocycles. The van der Waals surface area contributed by atoms with Crippen LogP contribution in [0.25, 0.3) is 0 Å². The van der Waals surface area contributed by atoms with Crippen LogP contribution in [0.15, 0.2) is 36.4 Å². The molecule has 28 heavy (non-hydrogen) atoms. The van der Waals surface area contributed by atoms with E-state index in [1.165, 1.54) is 7.11 Å². The second kappa shape index (κ2) is 8.97. The molecular formula is C21H24ClN3O3. The molecule has 148 valence electrons. The number of methoxy groups -OCH3 is 1. The van der Waals surface area contributed by atoms with Gasteiger partial charge in [0.15, 0.2) is 0 Å². The summed E-state index contributed by atoms with van der Waals surface area (Å²) in [6, 6.07) is 10.7. The van der Waals surface area contributed by atoms with Crippen LogP contribution in [0.1, 0.15) is 28.8 Å². The first-order valence-electron chi connectivity index (χ1n) is 9.25. The van der Waals surface area contributed by atoms with Gasteiger partial charge in [0.25, 0.3) is 5.91 Å². The Balaban J connectivity index is 1.67. The van der Waals surface area contributed by atoms with Gasteiger partial charge in [-0.1, -0.05) is 23.7 Å². The van der Waals surface area contributed by atoms with Crippen molar-refractivity contribution in [3.05, 3.63) is 52.5 Å². The van der Waals surface area contributed by atoms with E-state index < -0.39 is 0 Å². The Morgan fingerprint density at radius 3 is 2.61 bits per heavy atom. The fourth-order valence-electron chi connectivity index (χ4n) is 3.30. The number of halogens is 1. The molecule has 0 atom stereocenters. The van der Waals surface area contributed by atoms with Crippen LogP contribution < -0.4 is 15.4 Å². The second-order valence-electron chi connectivity index (χ2n) is 6.75. The first kappa shape index (κ1) is 20.0. The normalized spacial score (nSPS) is 13.3. The number of benzene rings is 2. The molecule has 7 heteroatoms. The number of carbonyl (C=O) groups excluding carboxylic acids is 2. The molecule has 0 unspecified atom stereocenters. The lowest BCUT2D eigenvalue weighted by Crippen LogP contribution is -2.30. The van der Waals surface area contributed by atoms with Crippen molar-refractivity contribution in [3.63, 3.8) is 0 Å². The zero-order chi connectivity index (χ0) is 20.1. The fourth-order valence-corrected chi connectivity index (χ4v) is 3.56. The molecule has 2 amide bonds. The highest BCUT2D eigenvalue weighted by atomic mass is 35.5. The summed E-state index contributed by atoms with van der Waals surface area (Å²) in [6.45, 7) is 3.51. The van der Waals surface area contributed by atoms with Crippen molar-refractivity contribution in [2.24, 2.45) is 0 Å². The third kappa shape index (κ3) is 4.57. The zero-order valence-electron chi connectivity index (χ0n) is 16.0. The Bertz CT molecular complexity index is 879. The summed E-state index contributed by atoms with van der Waals surface area (Å²) >= 11 is 6.09. The maximum Gasteiger partial charge on any atom is 0.256 e. The number of carbonyl (C=O) groups is 2. The zero-order valence-corrected chi connectivity index (χ0v) is 16.8. The molecule has 0 aromatic heterocycles. The minimum absolute atomic E-state index is 0.0143. The van der Waals surface area contributed by atoms with Gasteiger partial charge >= 0.3 is 0 Å². The lowest BCUT2D eigenvalue weighted by molar-refractivity contribution is -0.114. The molecule has 3 rings (SSSR count). The largest absolute Gasteiger partial charge is 0.495 e. The lowest BCUT2D eigenvalue weighted by atomic mass is 10.0. The third-order valence-electron chi connectivity index (χ3n) is 4.75. The Hall–Kier alpha value is -2.73. The molecule has 0 spiro atoms. The summed E-state index contributed by atoms with van der Waals surface area (Å²) in [5.74, 6) is 0.324. The van der Waals surface area contributed by atoms with Crippen molar-refractivity contribution in [2.45, 2.75) is 19.8 Å². The van der Waals surface area contributed by atoms with Gasteiger partial charge in [-0.15, -0.1) is 0 Å². The molecule has 6 nitrogen and oxygen atoms in total. The van der Waals surface area contributed by atoms with Crippen molar-refractivity contribution in [1.82, 2.24) is 4.90 Å². The van der Waals surface area contributed by atoms with E-state index >= 15 is 0 Å². The molecular weight excluding hydrogens is 378 g/mol. The third-order valence-corrected chi connectivity index (χ3v) is 5.05. The maximum atomic E-state index is 12.9. The average molecular weight is 402 g/mol. The first-order valence-corrected chi connectivity index (χ1v) is 9.63. The van der Waals surface area contributed by atoms with E-state index in [0.29, 0.717) is 27.7 Å². The Labute approximate surface area is 169 Å². The highest BCUT2D eigenvalue weighted by molar-refractivity contribution is 6.32. The van der Waals surface area contributed by atoms with Crippen LogP contribution in [0.2, 0.25) is 5.02 Å². The topological polar surface area (TPSA) is 70.7 Å². The van der Waals surface area contributed by atoms with Crippen molar-refractivity contribution >= 4 is 34.8 Å². The molecule has 2 N–H and O–H groups in total. The molecule has 0 aliphatic carbocycles. The fraction of sp³-hybridized carbons (Fsp3) is 0.333. The summed E-state index contributed by atoms with van der Waals surface area (Å²) in [5, 5.41) is 6.31. The number of likely N-dealkylation sites (tertiary alicyclic amines) is 1. The number of anilines is 2. The van der Waals surface area contributed by atoms with E-state index in [1.807, 2.05) is 30.0 Å². The van der Waals surface area contributed by atoms with Gasteiger partial charge in [-0.2, -0.15) is 0 Å².